The zero-order valence-corrected chi connectivity index (χ0v) is 16.7. The van der Waals surface area contributed by atoms with Crippen LogP contribution in [0, 0.1) is 13.8 Å². The molecule has 0 radical (unpaired) electrons. The van der Waals surface area contributed by atoms with E-state index < -0.39 is 0 Å². The van der Waals surface area contributed by atoms with Gasteiger partial charge in [-0.2, -0.15) is 0 Å². The maximum absolute atomic E-state index is 9.89. The quantitative estimate of drug-likeness (QED) is 0.642. The van der Waals surface area contributed by atoms with Gasteiger partial charge >= 0.3 is 0 Å². The van der Waals surface area contributed by atoms with E-state index in [1.807, 2.05) is 24.5 Å². The van der Waals surface area contributed by atoms with E-state index in [0.717, 1.165) is 12.1 Å². The number of hydrogen-bond acceptors (Lipinski definition) is 3. The summed E-state index contributed by atoms with van der Waals surface area (Å²) >= 11 is 1.79. The molecule has 0 bridgehead atoms. The number of aryl methyl sites for hydroxylation is 2. The van der Waals surface area contributed by atoms with E-state index >= 15 is 0 Å². The van der Waals surface area contributed by atoms with E-state index in [0.29, 0.717) is 5.92 Å². The summed E-state index contributed by atoms with van der Waals surface area (Å²) in [6, 6.07) is 10.7. The Hall–Kier alpha value is -2.04. The van der Waals surface area contributed by atoms with Gasteiger partial charge in [-0.1, -0.05) is 31.7 Å². The molecule has 0 aliphatic rings. The van der Waals surface area contributed by atoms with Crippen LogP contribution in [0.4, 0.5) is 0 Å². The highest BCUT2D eigenvalue weighted by Crippen LogP contribution is 2.38. The fourth-order valence-electron chi connectivity index (χ4n) is 3.37. The van der Waals surface area contributed by atoms with E-state index in [1.165, 1.54) is 32.2 Å². The second-order valence-electron chi connectivity index (χ2n) is 7.09. The van der Waals surface area contributed by atoms with Gasteiger partial charge in [0.15, 0.2) is 0 Å². The van der Waals surface area contributed by atoms with Crippen molar-refractivity contribution in [2.24, 2.45) is 0 Å². The zero-order valence-electron chi connectivity index (χ0n) is 15.9. The first-order valence-electron chi connectivity index (χ1n) is 8.95. The summed E-state index contributed by atoms with van der Waals surface area (Å²) in [5.41, 5.74) is 6.00. The summed E-state index contributed by atoms with van der Waals surface area (Å²) in [7, 11) is 0. The summed E-state index contributed by atoms with van der Waals surface area (Å²) in [6.07, 6.45) is 5.75. The van der Waals surface area contributed by atoms with Gasteiger partial charge in [0.1, 0.15) is 0 Å². The van der Waals surface area contributed by atoms with Crippen molar-refractivity contribution in [3.8, 4) is 0 Å². The highest BCUT2D eigenvalue weighted by Gasteiger charge is 2.19. The van der Waals surface area contributed by atoms with Gasteiger partial charge in [-0.3, -0.25) is 4.98 Å². The predicted molar refractivity (Wildman–Crippen MR) is 108 cm³/mol. The van der Waals surface area contributed by atoms with Crippen molar-refractivity contribution in [2.75, 3.05) is 0 Å². The third-order valence-electron chi connectivity index (χ3n) is 4.41. The van der Waals surface area contributed by atoms with E-state index in [1.54, 1.807) is 11.8 Å². The fraction of sp³-hybridized carbons (Fsp3) is 0.318. The lowest BCUT2D eigenvalue weighted by Gasteiger charge is -2.14. The normalized spacial score (nSPS) is 11.3. The Morgan fingerprint density at radius 1 is 1.08 bits per heavy atom. The molecule has 0 atom stereocenters. The minimum Gasteiger partial charge on any atom is -0.392 e. The van der Waals surface area contributed by atoms with Crippen molar-refractivity contribution in [1.29, 1.82) is 0 Å². The second kappa shape index (κ2) is 8.11. The Labute approximate surface area is 160 Å². The summed E-state index contributed by atoms with van der Waals surface area (Å²) in [5, 5.41) is 11.1. The van der Waals surface area contributed by atoms with Gasteiger partial charge in [0.05, 0.1) is 11.6 Å². The van der Waals surface area contributed by atoms with Crippen LogP contribution in [0.1, 0.15) is 47.6 Å². The number of aliphatic hydroxyl groups excluding tert-OH is 1. The van der Waals surface area contributed by atoms with Crippen molar-refractivity contribution in [3.05, 3.63) is 76.7 Å². The first-order valence-corrected chi connectivity index (χ1v) is 9.77. The molecule has 0 aliphatic heterocycles. The van der Waals surface area contributed by atoms with Crippen LogP contribution in [-0.4, -0.2) is 14.7 Å². The molecule has 136 valence electrons. The monoisotopic (exact) mass is 366 g/mol. The fourth-order valence-corrected chi connectivity index (χ4v) is 4.80. The first-order chi connectivity index (χ1) is 12.5. The number of benzene rings is 1. The SMILES string of the molecule is Cc1cc(C)cc(Sc2c(C(C)C)c(CO)cn2Cc2ccncc2)c1. The van der Waals surface area contributed by atoms with E-state index in [4.69, 9.17) is 0 Å². The van der Waals surface area contributed by atoms with Gasteiger partial charge < -0.3 is 9.67 Å². The van der Waals surface area contributed by atoms with Gasteiger partial charge in [0.25, 0.3) is 0 Å². The highest BCUT2D eigenvalue weighted by molar-refractivity contribution is 7.99. The van der Waals surface area contributed by atoms with Crippen LogP contribution in [0.3, 0.4) is 0 Å². The second-order valence-corrected chi connectivity index (χ2v) is 8.16. The zero-order chi connectivity index (χ0) is 18.7. The average molecular weight is 367 g/mol. The van der Waals surface area contributed by atoms with Gasteiger partial charge in [0.2, 0.25) is 0 Å². The summed E-state index contributed by atoms with van der Waals surface area (Å²) < 4.78 is 2.26. The number of aromatic nitrogens is 2. The minimum absolute atomic E-state index is 0.0667. The molecule has 0 spiro atoms. The molecule has 4 heteroatoms. The number of nitrogens with zero attached hydrogens (tertiary/aromatic N) is 2. The van der Waals surface area contributed by atoms with E-state index in [-0.39, 0.29) is 6.61 Å². The van der Waals surface area contributed by atoms with Crippen molar-refractivity contribution in [3.63, 3.8) is 0 Å². The van der Waals surface area contributed by atoms with Crippen molar-refractivity contribution in [1.82, 2.24) is 9.55 Å². The van der Waals surface area contributed by atoms with Gasteiger partial charge in [-0.15, -0.1) is 0 Å². The van der Waals surface area contributed by atoms with Gasteiger partial charge in [-0.05, 0) is 71.8 Å². The molecule has 0 fully saturated rings. The molecule has 0 saturated carbocycles. The third kappa shape index (κ3) is 4.19. The number of hydrogen-bond donors (Lipinski definition) is 1. The molecule has 2 heterocycles. The van der Waals surface area contributed by atoms with Gasteiger partial charge in [-0.25, -0.2) is 0 Å². The molecule has 1 aromatic carbocycles. The predicted octanol–water partition coefficient (Wildman–Crippen LogP) is 5.32. The molecule has 0 amide bonds. The third-order valence-corrected chi connectivity index (χ3v) is 5.53. The first kappa shape index (κ1) is 18.7. The maximum Gasteiger partial charge on any atom is 0.0838 e. The minimum atomic E-state index is 0.0667. The molecule has 2 aromatic heterocycles. The van der Waals surface area contributed by atoms with E-state index in [9.17, 15) is 5.11 Å². The lowest BCUT2D eigenvalue weighted by molar-refractivity contribution is 0.280. The van der Waals surface area contributed by atoms with Crippen LogP contribution >= 0.6 is 11.8 Å². The molecule has 0 saturated heterocycles. The Morgan fingerprint density at radius 2 is 1.73 bits per heavy atom. The summed E-state index contributed by atoms with van der Waals surface area (Å²) in [4.78, 5) is 5.35. The number of rotatable bonds is 6. The van der Waals surface area contributed by atoms with Crippen LogP contribution in [-0.2, 0) is 13.2 Å². The molecule has 0 unspecified atom stereocenters. The molecular weight excluding hydrogens is 340 g/mol. The van der Waals surface area contributed by atoms with Crippen LogP contribution in [0.2, 0.25) is 0 Å². The smallest absolute Gasteiger partial charge is 0.0838 e. The maximum atomic E-state index is 9.89. The largest absolute Gasteiger partial charge is 0.392 e. The van der Waals surface area contributed by atoms with E-state index in [2.05, 4.69) is 61.6 Å². The standard InChI is InChI=1S/C22H26N2OS/c1-15(2)21-19(14-25)13-24(12-18-5-7-23-8-6-18)22(21)26-20-10-16(3)9-17(4)11-20/h5-11,13,15,25H,12,14H2,1-4H3. The number of pyridine rings is 1. The van der Waals surface area contributed by atoms with Crippen molar-refractivity contribution >= 4 is 11.8 Å². The Morgan fingerprint density at radius 3 is 2.31 bits per heavy atom. The lowest BCUT2D eigenvalue weighted by Crippen LogP contribution is -2.01. The summed E-state index contributed by atoms with van der Waals surface area (Å²) in [6.45, 7) is 9.49. The lowest BCUT2D eigenvalue weighted by atomic mass is 10.0. The molecule has 3 nitrogen and oxygen atoms in total. The number of aliphatic hydroxyl groups is 1. The van der Waals surface area contributed by atoms with Crippen LogP contribution < -0.4 is 0 Å². The molecule has 0 aliphatic carbocycles. The molecule has 26 heavy (non-hydrogen) atoms. The van der Waals surface area contributed by atoms with Crippen LogP contribution in [0.15, 0.2) is 58.8 Å². The van der Waals surface area contributed by atoms with Crippen LogP contribution in [0.25, 0.3) is 0 Å². The average Bonchev–Trinajstić information content (AvgIpc) is 2.92. The molecule has 3 aromatic rings. The Bertz CT molecular complexity index is 864. The van der Waals surface area contributed by atoms with Crippen molar-refractivity contribution in [2.45, 2.75) is 56.7 Å². The topological polar surface area (TPSA) is 38.0 Å². The summed E-state index contributed by atoms with van der Waals surface area (Å²) in [5.74, 6) is 0.351. The Balaban J connectivity index is 2.06. The molecule has 1 N–H and O–H groups in total. The highest BCUT2D eigenvalue weighted by atomic mass is 32.2. The Kier molecular flexibility index (Phi) is 5.84. The van der Waals surface area contributed by atoms with Crippen molar-refractivity contribution < 1.29 is 5.11 Å². The van der Waals surface area contributed by atoms with Gasteiger partial charge in [0, 0.05) is 30.0 Å². The van der Waals surface area contributed by atoms with Crippen LogP contribution in [0.5, 0.6) is 0 Å². The molecular formula is C22H26N2OS. The molecule has 3 rings (SSSR count).